The fourth-order valence-corrected chi connectivity index (χ4v) is 3.48. The SMILES string of the molecule is CCOc1ccc2c(c1)CN(Cc1nnnn1-c1ccc(C(F)(F)F)cc1)CC2. The Labute approximate surface area is 165 Å². The summed E-state index contributed by atoms with van der Waals surface area (Å²) in [6, 6.07) is 11.0. The van der Waals surface area contributed by atoms with Gasteiger partial charge >= 0.3 is 6.18 Å². The van der Waals surface area contributed by atoms with Crippen molar-refractivity contribution in [1.29, 1.82) is 0 Å². The average molecular weight is 403 g/mol. The van der Waals surface area contributed by atoms with Crippen molar-refractivity contribution in [1.82, 2.24) is 25.1 Å². The third-order valence-electron chi connectivity index (χ3n) is 4.92. The molecule has 1 aromatic heterocycles. The lowest BCUT2D eigenvalue weighted by atomic mass is 9.99. The second kappa shape index (κ2) is 7.82. The van der Waals surface area contributed by atoms with Crippen molar-refractivity contribution in [2.45, 2.75) is 32.6 Å². The second-order valence-electron chi connectivity index (χ2n) is 6.88. The summed E-state index contributed by atoms with van der Waals surface area (Å²) in [6.45, 7) is 4.64. The predicted octanol–water partition coefficient (Wildman–Crippen LogP) is 3.64. The number of hydrogen-bond donors (Lipinski definition) is 0. The van der Waals surface area contributed by atoms with Crippen molar-refractivity contribution in [3.63, 3.8) is 0 Å². The number of nitrogens with zero attached hydrogens (tertiary/aromatic N) is 5. The Bertz CT molecular complexity index is 985. The molecule has 29 heavy (non-hydrogen) atoms. The molecule has 1 aliphatic heterocycles. The molecule has 6 nitrogen and oxygen atoms in total. The molecule has 0 saturated heterocycles. The lowest BCUT2D eigenvalue weighted by Gasteiger charge is -2.28. The Morgan fingerprint density at radius 2 is 1.86 bits per heavy atom. The highest BCUT2D eigenvalue weighted by molar-refractivity contribution is 5.37. The van der Waals surface area contributed by atoms with Gasteiger partial charge in [0.2, 0.25) is 0 Å². The summed E-state index contributed by atoms with van der Waals surface area (Å²) in [4.78, 5) is 2.21. The number of ether oxygens (including phenoxy) is 1. The van der Waals surface area contributed by atoms with Crippen LogP contribution in [0.15, 0.2) is 42.5 Å². The summed E-state index contributed by atoms with van der Waals surface area (Å²) in [6.07, 6.45) is -3.47. The Hall–Kier alpha value is -2.94. The summed E-state index contributed by atoms with van der Waals surface area (Å²) in [5, 5.41) is 11.7. The summed E-state index contributed by atoms with van der Waals surface area (Å²) in [7, 11) is 0. The van der Waals surface area contributed by atoms with Gasteiger partial charge in [-0.25, -0.2) is 0 Å². The topological polar surface area (TPSA) is 56.1 Å². The zero-order valence-electron chi connectivity index (χ0n) is 15.9. The fraction of sp³-hybridized carbons (Fsp3) is 0.350. The Balaban J connectivity index is 1.50. The second-order valence-corrected chi connectivity index (χ2v) is 6.88. The van der Waals surface area contributed by atoms with Gasteiger partial charge in [0.15, 0.2) is 5.82 Å². The van der Waals surface area contributed by atoms with E-state index >= 15 is 0 Å². The quantitative estimate of drug-likeness (QED) is 0.651. The number of tetrazole rings is 1. The molecule has 2 aromatic carbocycles. The van der Waals surface area contributed by atoms with Crippen molar-refractivity contribution in [3.8, 4) is 11.4 Å². The monoisotopic (exact) mass is 403 g/mol. The van der Waals surface area contributed by atoms with Gasteiger partial charge in [-0.2, -0.15) is 17.9 Å². The van der Waals surface area contributed by atoms with Gasteiger partial charge in [0.1, 0.15) is 5.75 Å². The maximum Gasteiger partial charge on any atom is 0.416 e. The van der Waals surface area contributed by atoms with Crippen molar-refractivity contribution < 1.29 is 17.9 Å². The molecule has 0 atom stereocenters. The van der Waals surface area contributed by atoms with Crippen LogP contribution in [-0.4, -0.2) is 38.3 Å². The molecule has 0 aliphatic carbocycles. The van der Waals surface area contributed by atoms with E-state index in [0.717, 1.165) is 37.4 Å². The minimum atomic E-state index is -4.37. The average Bonchev–Trinajstić information content (AvgIpc) is 3.15. The zero-order chi connectivity index (χ0) is 20.4. The van der Waals surface area contributed by atoms with E-state index in [9.17, 15) is 13.2 Å². The van der Waals surface area contributed by atoms with Gasteiger partial charge in [-0.15, -0.1) is 5.10 Å². The smallest absolute Gasteiger partial charge is 0.416 e. The van der Waals surface area contributed by atoms with Gasteiger partial charge in [-0.3, -0.25) is 4.90 Å². The molecule has 0 N–H and O–H groups in total. The number of rotatable bonds is 5. The molecule has 2 heterocycles. The standard InChI is InChI=1S/C20H20F3N5O/c1-2-29-18-8-3-14-9-10-27(12-15(14)11-18)13-19-24-25-26-28(19)17-6-4-16(5-7-17)20(21,22)23/h3-8,11H,2,9-10,12-13H2,1H3. The molecule has 4 rings (SSSR count). The summed E-state index contributed by atoms with van der Waals surface area (Å²) >= 11 is 0. The van der Waals surface area contributed by atoms with Gasteiger partial charge in [-0.1, -0.05) is 6.07 Å². The highest BCUT2D eigenvalue weighted by Crippen LogP contribution is 2.30. The summed E-state index contributed by atoms with van der Waals surface area (Å²) < 4.78 is 45.4. The molecule has 0 bridgehead atoms. The Morgan fingerprint density at radius 3 is 2.59 bits per heavy atom. The lowest BCUT2D eigenvalue weighted by molar-refractivity contribution is -0.137. The van der Waals surface area contributed by atoms with E-state index in [1.54, 1.807) is 0 Å². The Morgan fingerprint density at radius 1 is 1.07 bits per heavy atom. The van der Waals surface area contributed by atoms with Crippen LogP contribution >= 0.6 is 0 Å². The molecule has 0 unspecified atom stereocenters. The van der Waals surface area contributed by atoms with Gasteiger partial charge in [0.25, 0.3) is 0 Å². The molecule has 0 radical (unpaired) electrons. The molecule has 0 fully saturated rings. The summed E-state index contributed by atoms with van der Waals surface area (Å²) in [5.74, 6) is 1.43. The first-order valence-corrected chi connectivity index (χ1v) is 9.36. The van der Waals surface area contributed by atoms with E-state index in [0.29, 0.717) is 24.7 Å². The highest BCUT2D eigenvalue weighted by Gasteiger charge is 2.30. The van der Waals surface area contributed by atoms with Crippen LogP contribution in [0.3, 0.4) is 0 Å². The van der Waals surface area contributed by atoms with Crippen LogP contribution in [0.2, 0.25) is 0 Å². The first-order chi connectivity index (χ1) is 13.9. The molecule has 1 aliphatic rings. The van der Waals surface area contributed by atoms with Crippen LogP contribution in [-0.2, 0) is 25.7 Å². The number of alkyl halides is 3. The summed E-state index contributed by atoms with van der Waals surface area (Å²) in [5.41, 5.74) is 2.30. The van der Waals surface area contributed by atoms with Gasteiger partial charge in [0.05, 0.1) is 24.4 Å². The minimum Gasteiger partial charge on any atom is -0.494 e. The van der Waals surface area contributed by atoms with Crippen molar-refractivity contribution >= 4 is 0 Å². The molecule has 3 aromatic rings. The maximum atomic E-state index is 12.8. The number of halogens is 3. The van der Waals surface area contributed by atoms with Gasteiger partial charge in [-0.05, 0) is 71.3 Å². The molecule has 9 heteroatoms. The van der Waals surface area contributed by atoms with Crippen LogP contribution < -0.4 is 4.74 Å². The predicted molar refractivity (Wildman–Crippen MR) is 99.6 cm³/mol. The van der Waals surface area contributed by atoms with Crippen LogP contribution in [0.1, 0.15) is 29.4 Å². The first kappa shape index (κ1) is 19.4. The zero-order valence-corrected chi connectivity index (χ0v) is 15.9. The number of benzene rings is 2. The van der Waals surface area contributed by atoms with E-state index in [2.05, 4.69) is 32.6 Å². The largest absolute Gasteiger partial charge is 0.494 e. The molecular formula is C20H20F3N5O. The van der Waals surface area contributed by atoms with E-state index in [1.807, 2.05) is 13.0 Å². The molecule has 0 amide bonds. The maximum absolute atomic E-state index is 12.8. The number of hydrogen-bond acceptors (Lipinski definition) is 5. The molecule has 0 spiro atoms. The van der Waals surface area contributed by atoms with Crippen LogP contribution in [0.5, 0.6) is 5.75 Å². The third kappa shape index (κ3) is 4.24. The molecule has 0 saturated carbocycles. The molecular weight excluding hydrogens is 383 g/mol. The highest BCUT2D eigenvalue weighted by atomic mass is 19.4. The van der Waals surface area contributed by atoms with Crippen molar-refractivity contribution in [2.75, 3.05) is 13.2 Å². The Kier molecular flexibility index (Phi) is 5.23. The van der Waals surface area contributed by atoms with Gasteiger partial charge < -0.3 is 4.74 Å². The van der Waals surface area contributed by atoms with Crippen LogP contribution in [0.4, 0.5) is 13.2 Å². The van der Waals surface area contributed by atoms with Crippen LogP contribution in [0.25, 0.3) is 5.69 Å². The third-order valence-corrected chi connectivity index (χ3v) is 4.92. The van der Waals surface area contributed by atoms with E-state index in [-0.39, 0.29) is 0 Å². The minimum absolute atomic E-state index is 0.492. The van der Waals surface area contributed by atoms with E-state index in [1.165, 1.54) is 27.9 Å². The van der Waals surface area contributed by atoms with Crippen LogP contribution in [0, 0.1) is 0 Å². The van der Waals surface area contributed by atoms with E-state index < -0.39 is 11.7 Å². The van der Waals surface area contributed by atoms with Crippen molar-refractivity contribution in [3.05, 3.63) is 65.0 Å². The van der Waals surface area contributed by atoms with E-state index in [4.69, 9.17) is 4.74 Å². The fourth-order valence-electron chi connectivity index (χ4n) is 3.48. The molecule has 152 valence electrons. The van der Waals surface area contributed by atoms with Gasteiger partial charge in [0, 0.05) is 13.1 Å². The lowest BCUT2D eigenvalue weighted by Crippen LogP contribution is -2.31. The number of fused-ring (bicyclic) bond motifs is 1. The number of aromatic nitrogens is 4. The first-order valence-electron chi connectivity index (χ1n) is 9.36. The van der Waals surface area contributed by atoms with Crippen molar-refractivity contribution in [2.24, 2.45) is 0 Å². The normalized spacial score (nSPS) is 14.6.